The lowest BCUT2D eigenvalue weighted by Crippen LogP contribution is -2.33. The summed E-state index contributed by atoms with van der Waals surface area (Å²) in [5, 5.41) is 20.3. The molecule has 7 N–H and O–H groups in total. The van der Waals surface area contributed by atoms with Gasteiger partial charge in [0.05, 0.1) is 17.7 Å². The van der Waals surface area contributed by atoms with Crippen molar-refractivity contribution in [3.05, 3.63) is 39.8 Å². The minimum atomic E-state index is -5.80. The maximum Gasteiger partial charge on any atom is 0.490 e. The van der Waals surface area contributed by atoms with E-state index in [4.69, 9.17) is 19.4 Å². The van der Waals surface area contributed by atoms with Crippen LogP contribution in [0, 0.1) is 11.6 Å². The number of rotatable bonds is 8. The Balaban J connectivity index is 1.77. The molecule has 3 aliphatic rings. The molecule has 3 unspecified atom stereocenters. The summed E-state index contributed by atoms with van der Waals surface area (Å²) in [6, 6.07) is 0.810. The fraction of sp³-hybridized carbons (Fsp3) is 0.385. The van der Waals surface area contributed by atoms with Crippen LogP contribution in [0.4, 0.5) is 8.78 Å². The molecule has 0 aliphatic carbocycles. The number of phosphoric acid groups is 3. The molecule has 0 amide bonds. The van der Waals surface area contributed by atoms with Crippen molar-refractivity contribution in [1.29, 1.82) is 0 Å². The summed E-state index contributed by atoms with van der Waals surface area (Å²) in [5.41, 5.74) is -2.06. The van der Waals surface area contributed by atoms with Gasteiger partial charge in [0.1, 0.15) is 30.2 Å². The molecule has 0 saturated carbocycles. The number of pyridine rings is 2. The van der Waals surface area contributed by atoms with Crippen LogP contribution < -0.4 is 5.56 Å². The van der Waals surface area contributed by atoms with Crippen molar-refractivity contribution in [3.63, 3.8) is 0 Å². The third-order valence-electron chi connectivity index (χ3n) is 4.28. The van der Waals surface area contributed by atoms with Crippen LogP contribution in [0.15, 0.2) is 17.1 Å². The van der Waals surface area contributed by atoms with E-state index in [1.807, 2.05) is 0 Å². The van der Waals surface area contributed by atoms with Gasteiger partial charge in [-0.1, -0.05) is 0 Å². The molecule has 16 nitrogen and oxygen atoms in total. The number of phosphoric ester groups is 1. The molecule has 0 aromatic rings. The van der Waals surface area contributed by atoms with E-state index >= 15 is 0 Å². The fourth-order valence-electron chi connectivity index (χ4n) is 2.93. The minimum Gasteiger partial charge on any atom is -0.387 e. The van der Waals surface area contributed by atoms with E-state index < -0.39 is 82.8 Å². The molecule has 3 aliphatic heterocycles. The first-order valence-corrected chi connectivity index (χ1v) is 13.2. The number of nitrogens with zero attached hydrogens (tertiary/aromatic N) is 1. The van der Waals surface area contributed by atoms with Crippen molar-refractivity contribution in [3.8, 4) is 11.4 Å². The molecular weight excluding hydrogens is 539 g/mol. The maximum atomic E-state index is 14.1. The topological polar surface area (TPSA) is 255 Å². The molecular formula is C13H15F2N2O14P3. The molecule has 0 radical (unpaired) electrons. The molecule has 0 spiro atoms. The maximum absolute atomic E-state index is 14.1. The Morgan fingerprint density at radius 1 is 1.06 bits per heavy atom. The lowest BCUT2D eigenvalue weighted by molar-refractivity contribution is -0.0226. The number of halogens is 2. The highest BCUT2D eigenvalue weighted by molar-refractivity contribution is 7.66. The molecule has 0 aromatic heterocycles. The van der Waals surface area contributed by atoms with Crippen molar-refractivity contribution in [2.24, 2.45) is 0 Å². The highest BCUT2D eigenvalue weighted by Crippen LogP contribution is 2.66. The van der Waals surface area contributed by atoms with Crippen LogP contribution in [0.2, 0.25) is 0 Å². The van der Waals surface area contributed by atoms with E-state index in [1.54, 1.807) is 0 Å². The molecule has 0 bridgehead atoms. The lowest BCUT2D eigenvalue weighted by Gasteiger charge is -2.19. The summed E-state index contributed by atoms with van der Waals surface area (Å²) in [4.78, 5) is 53.5. The van der Waals surface area contributed by atoms with E-state index in [0.717, 1.165) is 6.07 Å². The van der Waals surface area contributed by atoms with Gasteiger partial charge in [0.25, 0.3) is 5.56 Å². The van der Waals surface area contributed by atoms with Gasteiger partial charge in [-0.2, -0.15) is 13.6 Å². The molecule has 3 rings (SSSR count). The monoisotopic (exact) mass is 554 g/mol. The largest absolute Gasteiger partial charge is 0.490 e. The first-order valence-electron chi connectivity index (χ1n) is 8.67. The Bertz CT molecular complexity index is 1250. The number of hydrogen-bond donors (Lipinski definition) is 7. The average Bonchev–Trinajstić information content (AvgIpc) is 2.95. The number of fused-ring (bicyclic) bond motifs is 1. The second kappa shape index (κ2) is 9.52. The lowest BCUT2D eigenvalue weighted by atomic mass is 10.0. The van der Waals surface area contributed by atoms with Crippen molar-refractivity contribution in [1.82, 2.24) is 9.97 Å². The normalized spacial score (nSPS) is 26.9. The molecule has 1 saturated heterocycles. The summed E-state index contributed by atoms with van der Waals surface area (Å²) in [6.45, 7) is -1.13. The van der Waals surface area contributed by atoms with Gasteiger partial charge in [0, 0.05) is 6.20 Å². The molecule has 3 heterocycles. The number of ether oxygens (including phenoxy) is 1. The molecule has 190 valence electrons. The quantitative estimate of drug-likeness (QED) is 0.206. The third-order valence-corrected chi connectivity index (χ3v) is 8.09. The molecule has 1 fully saturated rings. The second-order valence-corrected chi connectivity index (χ2v) is 11.1. The summed E-state index contributed by atoms with van der Waals surface area (Å²) < 4.78 is 77.8. The Labute approximate surface area is 186 Å². The van der Waals surface area contributed by atoms with Crippen molar-refractivity contribution in [2.45, 2.75) is 24.4 Å². The van der Waals surface area contributed by atoms with E-state index in [9.17, 15) is 42.4 Å². The number of aromatic nitrogens is 2. The van der Waals surface area contributed by atoms with Crippen LogP contribution in [0.25, 0.3) is 11.4 Å². The van der Waals surface area contributed by atoms with Crippen LogP contribution in [-0.2, 0) is 31.6 Å². The van der Waals surface area contributed by atoms with Crippen LogP contribution in [0.1, 0.15) is 11.7 Å². The zero-order chi connectivity index (χ0) is 25.6. The Morgan fingerprint density at radius 2 is 1.71 bits per heavy atom. The smallest absolute Gasteiger partial charge is 0.387 e. The van der Waals surface area contributed by atoms with Crippen molar-refractivity contribution >= 4 is 23.5 Å². The van der Waals surface area contributed by atoms with E-state index in [-0.39, 0.29) is 5.82 Å². The minimum absolute atomic E-state index is 0.329. The SMILES string of the molecule is O=c1nc2[nH]cc(F)c(F)c-2cc1[C@@H]1O[C@H](COP(=O)(O)OP(=O)(O)OP(=O)(O)O)[C@H](O)C1O. The first-order chi connectivity index (χ1) is 15.5. The number of hydrogen-bond acceptors (Lipinski definition) is 11. The van der Waals surface area contributed by atoms with Gasteiger partial charge in [0.2, 0.25) is 0 Å². The Hall–Kier alpha value is -1.49. The van der Waals surface area contributed by atoms with Crippen LogP contribution in [0.3, 0.4) is 0 Å². The first kappa shape index (κ1) is 27.1. The van der Waals surface area contributed by atoms with Crippen LogP contribution in [0.5, 0.6) is 0 Å². The highest BCUT2D eigenvalue weighted by atomic mass is 31.3. The number of aliphatic hydroxyl groups excluding tert-OH is 2. The number of H-pyrrole nitrogens is 1. The van der Waals surface area contributed by atoms with E-state index in [1.165, 1.54) is 0 Å². The van der Waals surface area contributed by atoms with Gasteiger partial charge in [-0.25, -0.2) is 22.5 Å². The number of aliphatic hydroxyl groups is 2. The molecule has 21 heteroatoms. The molecule has 34 heavy (non-hydrogen) atoms. The van der Waals surface area contributed by atoms with E-state index in [2.05, 4.69) is 23.1 Å². The standard InChI is InChI=1S/C13H15F2N2O14P3/c14-6-2-16-12-4(8(6)15)1-5(13(20)17-12)11-10(19)9(18)7(29-11)3-28-33(24,25)31-34(26,27)30-32(21,22)23/h1-2,7,9-11,18-19H,3H2,(H,24,25)(H,26,27)(H,16,17,20)(H2,21,22,23)/t7-,9+,10?,11+/m1/s1. The van der Waals surface area contributed by atoms with Crippen molar-refractivity contribution < 1.29 is 70.1 Å². The average molecular weight is 554 g/mol. The zero-order valence-corrected chi connectivity index (χ0v) is 18.8. The summed E-state index contributed by atoms with van der Waals surface area (Å²) in [7, 11) is -17.0. The highest BCUT2D eigenvalue weighted by Gasteiger charge is 2.47. The van der Waals surface area contributed by atoms with E-state index in [0.29, 0.717) is 6.20 Å². The van der Waals surface area contributed by atoms with Gasteiger partial charge in [-0.15, -0.1) is 0 Å². The number of nitrogens with one attached hydrogen (secondary N) is 1. The predicted octanol–water partition coefficient (Wildman–Crippen LogP) is -0.342. The predicted molar refractivity (Wildman–Crippen MR) is 101 cm³/mol. The Kier molecular flexibility index (Phi) is 7.59. The Morgan fingerprint density at radius 3 is 2.32 bits per heavy atom. The van der Waals surface area contributed by atoms with Gasteiger partial charge < -0.3 is 39.5 Å². The third kappa shape index (κ3) is 6.19. The van der Waals surface area contributed by atoms with Crippen molar-refractivity contribution in [2.75, 3.05) is 6.61 Å². The molecule has 6 atom stereocenters. The number of aromatic amines is 1. The second-order valence-electron chi connectivity index (χ2n) is 6.69. The fourth-order valence-corrected chi connectivity index (χ4v) is 5.96. The summed E-state index contributed by atoms with van der Waals surface area (Å²) in [6.07, 6.45) is -6.58. The van der Waals surface area contributed by atoms with Gasteiger partial charge >= 0.3 is 23.5 Å². The van der Waals surface area contributed by atoms with Gasteiger partial charge in [-0.05, 0) is 6.07 Å². The summed E-state index contributed by atoms with van der Waals surface area (Å²) >= 11 is 0. The van der Waals surface area contributed by atoms with Gasteiger partial charge in [-0.3, -0.25) is 9.32 Å². The van der Waals surface area contributed by atoms with Crippen LogP contribution in [-0.4, -0.2) is 64.7 Å². The molecule has 0 aromatic carbocycles. The zero-order valence-electron chi connectivity index (χ0n) is 16.2. The van der Waals surface area contributed by atoms with Gasteiger partial charge in [0.15, 0.2) is 11.6 Å². The summed E-state index contributed by atoms with van der Waals surface area (Å²) in [5.74, 6) is -3.01. The van der Waals surface area contributed by atoms with Crippen LogP contribution >= 0.6 is 23.5 Å².